The number of morpholine rings is 1. The van der Waals surface area contributed by atoms with Crippen LogP contribution in [0.15, 0.2) is 6.33 Å². The Hall–Kier alpha value is -2.03. The van der Waals surface area contributed by atoms with Crippen LogP contribution in [0.4, 0.5) is 11.6 Å². The van der Waals surface area contributed by atoms with Gasteiger partial charge in [0.25, 0.3) is 0 Å². The van der Waals surface area contributed by atoms with Gasteiger partial charge in [0, 0.05) is 18.5 Å². The van der Waals surface area contributed by atoms with Crippen LogP contribution in [-0.4, -0.2) is 59.0 Å². The van der Waals surface area contributed by atoms with Crippen LogP contribution in [0.1, 0.15) is 30.9 Å². The van der Waals surface area contributed by atoms with Gasteiger partial charge >= 0.3 is 0 Å². The fourth-order valence-corrected chi connectivity index (χ4v) is 5.40. The summed E-state index contributed by atoms with van der Waals surface area (Å²) in [7, 11) is 0. The molecule has 8 heteroatoms. The molecule has 0 unspecified atom stereocenters. The van der Waals surface area contributed by atoms with E-state index >= 15 is 0 Å². The van der Waals surface area contributed by atoms with Gasteiger partial charge in [-0.15, -0.1) is 11.3 Å². The maximum atomic E-state index is 9.58. The van der Waals surface area contributed by atoms with Crippen molar-refractivity contribution >= 4 is 43.4 Å². The van der Waals surface area contributed by atoms with Gasteiger partial charge in [-0.2, -0.15) is 0 Å². The molecule has 148 valence electrons. The minimum Gasteiger partial charge on any atom is -0.394 e. The Labute approximate surface area is 167 Å². The lowest BCUT2D eigenvalue weighted by Gasteiger charge is -2.29. The highest BCUT2D eigenvalue weighted by molar-refractivity contribution is 7.26. The third kappa shape index (κ3) is 2.91. The van der Waals surface area contributed by atoms with E-state index in [1.165, 1.54) is 22.9 Å². The van der Waals surface area contributed by atoms with Crippen LogP contribution in [0.2, 0.25) is 0 Å². The second-order valence-electron chi connectivity index (χ2n) is 7.46. The zero-order chi connectivity index (χ0) is 19.1. The molecule has 5 rings (SSSR count). The first-order chi connectivity index (χ1) is 13.8. The van der Waals surface area contributed by atoms with Gasteiger partial charge < -0.3 is 20.1 Å². The van der Waals surface area contributed by atoms with Gasteiger partial charge in [-0.1, -0.05) is 6.92 Å². The Morgan fingerprint density at radius 2 is 2.07 bits per heavy atom. The number of aromatic nitrogens is 3. The number of aryl methyl sites for hydroxylation is 1. The molecule has 1 saturated heterocycles. The molecule has 4 heterocycles. The van der Waals surface area contributed by atoms with Gasteiger partial charge in [0.1, 0.15) is 22.8 Å². The molecule has 0 bridgehead atoms. The minimum atomic E-state index is -0.00843. The summed E-state index contributed by atoms with van der Waals surface area (Å²) in [4.78, 5) is 17.6. The largest absolute Gasteiger partial charge is 0.394 e. The number of thiophene rings is 1. The molecule has 28 heavy (non-hydrogen) atoms. The van der Waals surface area contributed by atoms with E-state index in [0.29, 0.717) is 0 Å². The second kappa shape index (κ2) is 7.42. The predicted molar refractivity (Wildman–Crippen MR) is 113 cm³/mol. The molecule has 1 aliphatic heterocycles. The van der Waals surface area contributed by atoms with Crippen LogP contribution in [0, 0.1) is 0 Å². The molecule has 7 nitrogen and oxygen atoms in total. The molecular formula is C20H25N5O2S. The molecular weight excluding hydrogens is 374 g/mol. The number of rotatable bonds is 5. The predicted octanol–water partition coefficient (Wildman–Crippen LogP) is 2.75. The van der Waals surface area contributed by atoms with E-state index in [0.717, 1.165) is 72.2 Å². The second-order valence-corrected chi connectivity index (χ2v) is 8.46. The molecule has 1 fully saturated rings. The molecule has 1 atom stereocenters. The minimum absolute atomic E-state index is 0.00843. The van der Waals surface area contributed by atoms with Crippen molar-refractivity contribution < 1.29 is 9.84 Å². The summed E-state index contributed by atoms with van der Waals surface area (Å²) < 4.78 is 6.57. The van der Waals surface area contributed by atoms with Gasteiger partial charge in [-0.3, -0.25) is 0 Å². The van der Waals surface area contributed by atoms with E-state index in [4.69, 9.17) is 9.72 Å². The molecule has 0 aromatic carbocycles. The number of nitrogens with one attached hydrogen (secondary N) is 1. The number of nitrogens with zero attached hydrogens (tertiary/aromatic N) is 4. The van der Waals surface area contributed by atoms with Gasteiger partial charge in [-0.25, -0.2) is 15.0 Å². The topological polar surface area (TPSA) is 83.4 Å². The Bertz CT molecular complexity index is 1010. The number of aliphatic hydroxyl groups excluding tert-OH is 1. The lowest BCUT2D eigenvalue weighted by atomic mass is 10.1. The lowest BCUT2D eigenvalue weighted by Crippen LogP contribution is -2.37. The summed E-state index contributed by atoms with van der Waals surface area (Å²) in [6.07, 6.45) is 5.79. The maximum absolute atomic E-state index is 9.58. The first kappa shape index (κ1) is 18.0. The molecule has 0 radical (unpaired) electrons. The zero-order valence-electron chi connectivity index (χ0n) is 16.1. The van der Waals surface area contributed by atoms with Gasteiger partial charge in [-0.05, 0) is 36.8 Å². The third-order valence-corrected chi connectivity index (χ3v) is 6.89. The normalized spacial score (nSPS) is 18.0. The summed E-state index contributed by atoms with van der Waals surface area (Å²) >= 11 is 1.66. The van der Waals surface area contributed by atoms with Gasteiger partial charge in [0.2, 0.25) is 0 Å². The van der Waals surface area contributed by atoms with E-state index in [1.54, 1.807) is 17.7 Å². The number of hydrogen-bond donors (Lipinski definition) is 2. The quantitative estimate of drug-likeness (QED) is 0.682. The smallest absolute Gasteiger partial charge is 0.147 e. The van der Waals surface area contributed by atoms with Crippen molar-refractivity contribution in [2.45, 2.75) is 38.6 Å². The Balaban J connectivity index is 1.68. The van der Waals surface area contributed by atoms with Crippen molar-refractivity contribution in [1.29, 1.82) is 0 Å². The lowest BCUT2D eigenvalue weighted by molar-refractivity contribution is 0.122. The monoisotopic (exact) mass is 399 g/mol. The number of ether oxygens (including phenoxy) is 1. The van der Waals surface area contributed by atoms with E-state index in [2.05, 4.69) is 27.1 Å². The molecule has 0 spiro atoms. The van der Waals surface area contributed by atoms with Crippen LogP contribution in [0.5, 0.6) is 0 Å². The molecule has 3 aromatic heterocycles. The van der Waals surface area contributed by atoms with E-state index in [1.807, 2.05) is 0 Å². The van der Waals surface area contributed by atoms with Crippen molar-refractivity contribution in [3.63, 3.8) is 0 Å². The fraction of sp³-hybridized carbons (Fsp3) is 0.550. The van der Waals surface area contributed by atoms with Crippen LogP contribution in [-0.2, 0) is 17.6 Å². The highest BCUT2D eigenvalue weighted by Gasteiger charge is 2.27. The van der Waals surface area contributed by atoms with Gasteiger partial charge in [0.05, 0.1) is 36.1 Å². The van der Waals surface area contributed by atoms with Crippen molar-refractivity contribution in [2.75, 3.05) is 43.1 Å². The fourth-order valence-electron chi connectivity index (χ4n) is 4.29. The van der Waals surface area contributed by atoms with Crippen molar-refractivity contribution in [2.24, 2.45) is 0 Å². The standard InChI is InChI=1S/C20H25N5O2S/c1-2-12(10-26)23-18-17-16(21-11-22-18)15-13-4-3-5-14(13)19(24-20(15)28-17)25-6-8-27-9-7-25/h11-12,26H,2-10H2,1H3,(H,21,22,23)/t12-/m0/s1. The average Bonchev–Trinajstić information content (AvgIpc) is 3.36. The molecule has 1 aliphatic carbocycles. The summed E-state index contributed by atoms with van der Waals surface area (Å²) in [6.45, 7) is 5.47. The maximum Gasteiger partial charge on any atom is 0.147 e. The molecule has 2 aliphatic rings. The van der Waals surface area contributed by atoms with Crippen molar-refractivity contribution in [1.82, 2.24) is 15.0 Å². The summed E-state index contributed by atoms with van der Waals surface area (Å²) in [5.74, 6) is 1.94. The highest BCUT2D eigenvalue weighted by Crippen LogP contribution is 2.43. The molecule has 0 amide bonds. The number of anilines is 2. The Morgan fingerprint density at radius 3 is 2.86 bits per heavy atom. The van der Waals surface area contributed by atoms with Crippen LogP contribution >= 0.6 is 11.3 Å². The number of hydrogen-bond acceptors (Lipinski definition) is 8. The van der Waals surface area contributed by atoms with Crippen LogP contribution < -0.4 is 10.2 Å². The number of aliphatic hydroxyl groups is 1. The SMILES string of the molecule is CC[C@@H](CO)Nc1ncnc2c1sc1nc(N3CCOCC3)c3c(c12)CCC3. The third-order valence-electron chi connectivity index (χ3n) is 5.81. The summed E-state index contributed by atoms with van der Waals surface area (Å²) in [5.41, 5.74) is 3.80. The zero-order valence-corrected chi connectivity index (χ0v) is 16.9. The van der Waals surface area contributed by atoms with Crippen LogP contribution in [0.25, 0.3) is 20.4 Å². The Morgan fingerprint density at radius 1 is 1.25 bits per heavy atom. The van der Waals surface area contributed by atoms with Gasteiger partial charge in [0.15, 0.2) is 0 Å². The summed E-state index contributed by atoms with van der Waals surface area (Å²) in [6, 6.07) is -0.00843. The molecule has 3 aromatic rings. The van der Waals surface area contributed by atoms with Crippen LogP contribution in [0.3, 0.4) is 0 Å². The van der Waals surface area contributed by atoms with Crippen molar-refractivity contribution in [3.8, 4) is 0 Å². The van der Waals surface area contributed by atoms with E-state index < -0.39 is 0 Å². The van der Waals surface area contributed by atoms with Crippen molar-refractivity contribution in [3.05, 3.63) is 17.5 Å². The molecule has 0 saturated carbocycles. The Kier molecular flexibility index (Phi) is 4.78. The average molecular weight is 400 g/mol. The first-order valence-corrected chi connectivity index (χ1v) is 10.9. The first-order valence-electron chi connectivity index (χ1n) is 10.1. The number of pyridine rings is 1. The summed E-state index contributed by atoms with van der Waals surface area (Å²) in [5, 5.41) is 14.2. The molecule has 2 N–H and O–H groups in total. The number of fused-ring (bicyclic) bond motifs is 5. The highest BCUT2D eigenvalue weighted by atomic mass is 32.1. The van der Waals surface area contributed by atoms with E-state index in [9.17, 15) is 5.11 Å². The van der Waals surface area contributed by atoms with E-state index in [-0.39, 0.29) is 12.6 Å².